The molecule has 2 rings (SSSR count). The van der Waals surface area contributed by atoms with Crippen molar-refractivity contribution >= 4 is 0 Å². The maximum atomic E-state index is 13.2. The van der Waals surface area contributed by atoms with E-state index >= 15 is 0 Å². The van der Waals surface area contributed by atoms with Gasteiger partial charge in [0.15, 0.2) is 0 Å². The van der Waals surface area contributed by atoms with Gasteiger partial charge in [0.1, 0.15) is 11.6 Å². The summed E-state index contributed by atoms with van der Waals surface area (Å²) in [6, 6.07) is 4.75. The zero-order chi connectivity index (χ0) is 13.7. The van der Waals surface area contributed by atoms with Gasteiger partial charge >= 0.3 is 0 Å². The van der Waals surface area contributed by atoms with Crippen molar-refractivity contribution in [3.05, 3.63) is 29.6 Å². The van der Waals surface area contributed by atoms with E-state index in [1.807, 2.05) is 0 Å². The molecule has 0 amide bonds. The lowest BCUT2D eigenvalue weighted by Crippen LogP contribution is -2.24. The van der Waals surface area contributed by atoms with Crippen LogP contribution in [-0.4, -0.2) is 12.6 Å². The van der Waals surface area contributed by atoms with Gasteiger partial charge in [0.25, 0.3) is 0 Å². The topological polar surface area (TPSA) is 35.2 Å². The molecule has 1 aliphatic carbocycles. The molecule has 0 unspecified atom stereocenters. The Morgan fingerprint density at radius 1 is 1.26 bits per heavy atom. The summed E-state index contributed by atoms with van der Waals surface area (Å²) in [7, 11) is 0. The van der Waals surface area contributed by atoms with Gasteiger partial charge in [-0.3, -0.25) is 0 Å². The Labute approximate surface area is 115 Å². The highest BCUT2D eigenvalue weighted by molar-refractivity contribution is 5.34. The van der Waals surface area contributed by atoms with E-state index in [2.05, 4.69) is 6.92 Å². The lowest BCUT2D eigenvalue weighted by molar-refractivity contribution is 0.128. The number of hydrogen-bond donors (Lipinski definition) is 1. The van der Waals surface area contributed by atoms with Crippen LogP contribution in [0, 0.1) is 11.7 Å². The van der Waals surface area contributed by atoms with Crippen LogP contribution in [0.5, 0.6) is 5.75 Å². The standard InChI is InChI=1S/C16H24FNO/c1-2-12-3-6-15(7-4-12)19-16-8-5-14(17)11-13(16)9-10-18/h5,8,11-12,15H,2-4,6-7,9-10,18H2,1H3. The van der Waals surface area contributed by atoms with Crippen LogP contribution in [0.1, 0.15) is 44.6 Å². The second-order valence-corrected chi connectivity index (χ2v) is 5.46. The summed E-state index contributed by atoms with van der Waals surface area (Å²) in [4.78, 5) is 0. The van der Waals surface area contributed by atoms with Crippen LogP contribution in [0.25, 0.3) is 0 Å². The highest BCUT2D eigenvalue weighted by atomic mass is 19.1. The Balaban J connectivity index is 1.99. The molecule has 0 heterocycles. The Bertz CT molecular complexity index is 400. The summed E-state index contributed by atoms with van der Waals surface area (Å²) in [5, 5.41) is 0. The van der Waals surface area contributed by atoms with Gasteiger partial charge in [0.05, 0.1) is 6.10 Å². The summed E-state index contributed by atoms with van der Waals surface area (Å²) in [5.41, 5.74) is 6.46. The van der Waals surface area contributed by atoms with Gasteiger partial charge in [-0.2, -0.15) is 0 Å². The van der Waals surface area contributed by atoms with Gasteiger partial charge in [0.2, 0.25) is 0 Å². The van der Waals surface area contributed by atoms with Crippen LogP contribution < -0.4 is 10.5 Å². The molecule has 3 heteroatoms. The van der Waals surface area contributed by atoms with Crippen molar-refractivity contribution in [2.45, 2.75) is 51.6 Å². The van der Waals surface area contributed by atoms with E-state index in [0.29, 0.717) is 13.0 Å². The summed E-state index contributed by atoms with van der Waals surface area (Å²) >= 11 is 0. The Kier molecular flexibility index (Phi) is 5.20. The van der Waals surface area contributed by atoms with E-state index in [-0.39, 0.29) is 11.9 Å². The smallest absolute Gasteiger partial charge is 0.123 e. The molecular weight excluding hydrogens is 241 g/mol. The van der Waals surface area contributed by atoms with E-state index in [1.54, 1.807) is 12.1 Å². The molecule has 0 radical (unpaired) electrons. The van der Waals surface area contributed by atoms with Gasteiger partial charge in [-0.05, 0) is 68.3 Å². The van der Waals surface area contributed by atoms with Crippen LogP contribution in [0.15, 0.2) is 18.2 Å². The van der Waals surface area contributed by atoms with Crippen molar-refractivity contribution in [2.24, 2.45) is 11.7 Å². The maximum absolute atomic E-state index is 13.2. The van der Waals surface area contributed by atoms with Gasteiger partial charge in [-0.15, -0.1) is 0 Å². The zero-order valence-corrected chi connectivity index (χ0v) is 11.7. The lowest BCUT2D eigenvalue weighted by Gasteiger charge is -2.29. The van der Waals surface area contributed by atoms with Crippen LogP contribution in [-0.2, 0) is 6.42 Å². The maximum Gasteiger partial charge on any atom is 0.123 e. The van der Waals surface area contributed by atoms with E-state index in [9.17, 15) is 4.39 Å². The number of halogens is 1. The quantitative estimate of drug-likeness (QED) is 0.881. The summed E-state index contributed by atoms with van der Waals surface area (Å²) in [5.74, 6) is 1.45. The third kappa shape index (κ3) is 3.93. The van der Waals surface area contributed by atoms with Crippen LogP contribution in [0.3, 0.4) is 0 Å². The predicted molar refractivity (Wildman–Crippen MR) is 75.8 cm³/mol. The molecule has 0 bridgehead atoms. The zero-order valence-electron chi connectivity index (χ0n) is 11.7. The van der Waals surface area contributed by atoms with Crippen molar-refractivity contribution in [2.75, 3.05) is 6.54 Å². The average Bonchev–Trinajstić information content (AvgIpc) is 2.43. The number of benzene rings is 1. The van der Waals surface area contributed by atoms with E-state index in [0.717, 1.165) is 30.1 Å². The van der Waals surface area contributed by atoms with Crippen molar-refractivity contribution in [3.8, 4) is 5.75 Å². The molecule has 0 saturated heterocycles. The van der Waals surface area contributed by atoms with Gasteiger partial charge in [-0.1, -0.05) is 13.3 Å². The molecule has 19 heavy (non-hydrogen) atoms. The van der Waals surface area contributed by atoms with E-state index in [4.69, 9.17) is 10.5 Å². The fraction of sp³-hybridized carbons (Fsp3) is 0.625. The number of ether oxygens (including phenoxy) is 1. The first kappa shape index (κ1) is 14.3. The minimum Gasteiger partial charge on any atom is -0.490 e. The Hall–Kier alpha value is -1.09. The van der Waals surface area contributed by atoms with Crippen molar-refractivity contribution in [1.29, 1.82) is 0 Å². The first-order valence-corrected chi connectivity index (χ1v) is 7.38. The molecule has 2 nitrogen and oxygen atoms in total. The first-order chi connectivity index (χ1) is 9.22. The fourth-order valence-electron chi connectivity index (χ4n) is 2.85. The third-order valence-electron chi connectivity index (χ3n) is 4.10. The highest BCUT2D eigenvalue weighted by Crippen LogP contribution is 2.30. The van der Waals surface area contributed by atoms with Crippen LogP contribution in [0.4, 0.5) is 4.39 Å². The molecule has 1 aliphatic rings. The van der Waals surface area contributed by atoms with Gasteiger partial charge in [-0.25, -0.2) is 4.39 Å². The predicted octanol–water partition coefficient (Wildman–Crippen LogP) is 3.67. The number of rotatable bonds is 5. The normalized spacial score (nSPS) is 23.3. The van der Waals surface area contributed by atoms with Crippen LogP contribution >= 0.6 is 0 Å². The molecule has 1 saturated carbocycles. The van der Waals surface area contributed by atoms with E-state index in [1.165, 1.54) is 25.3 Å². The minimum atomic E-state index is -0.217. The van der Waals surface area contributed by atoms with Gasteiger partial charge in [0, 0.05) is 0 Å². The molecule has 106 valence electrons. The number of hydrogen-bond acceptors (Lipinski definition) is 2. The highest BCUT2D eigenvalue weighted by Gasteiger charge is 2.21. The van der Waals surface area contributed by atoms with Crippen LogP contribution in [0.2, 0.25) is 0 Å². The molecule has 1 aromatic carbocycles. The largest absolute Gasteiger partial charge is 0.490 e. The van der Waals surface area contributed by atoms with Crippen molar-refractivity contribution in [3.63, 3.8) is 0 Å². The Morgan fingerprint density at radius 2 is 2.00 bits per heavy atom. The number of nitrogens with two attached hydrogens (primary N) is 1. The summed E-state index contributed by atoms with van der Waals surface area (Å²) < 4.78 is 19.3. The first-order valence-electron chi connectivity index (χ1n) is 7.38. The third-order valence-corrected chi connectivity index (χ3v) is 4.10. The average molecular weight is 265 g/mol. The fourth-order valence-corrected chi connectivity index (χ4v) is 2.85. The second kappa shape index (κ2) is 6.90. The molecule has 0 spiro atoms. The van der Waals surface area contributed by atoms with E-state index < -0.39 is 0 Å². The molecule has 1 fully saturated rings. The van der Waals surface area contributed by atoms with Crippen molar-refractivity contribution < 1.29 is 9.13 Å². The monoisotopic (exact) mass is 265 g/mol. The van der Waals surface area contributed by atoms with Gasteiger partial charge < -0.3 is 10.5 Å². The summed E-state index contributed by atoms with van der Waals surface area (Å²) in [6.07, 6.45) is 6.92. The molecule has 0 aromatic heterocycles. The second-order valence-electron chi connectivity index (χ2n) is 5.46. The molecule has 0 aliphatic heterocycles. The summed E-state index contributed by atoms with van der Waals surface area (Å²) in [6.45, 7) is 2.77. The molecule has 0 atom stereocenters. The minimum absolute atomic E-state index is 0.217. The lowest BCUT2D eigenvalue weighted by atomic mass is 9.86. The van der Waals surface area contributed by atoms with Crippen molar-refractivity contribution in [1.82, 2.24) is 0 Å². The molecule has 2 N–H and O–H groups in total. The molecule has 1 aromatic rings. The molecular formula is C16H24FNO. The SMILES string of the molecule is CCC1CCC(Oc2ccc(F)cc2CCN)CC1. The Morgan fingerprint density at radius 3 is 2.63 bits per heavy atom.